The zero-order valence-electron chi connectivity index (χ0n) is 16.3. The first-order valence-corrected chi connectivity index (χ1v) is 11.6. The highest BCUT2D eigenvalue weighted by atomic mass is 79.9. The predicted molar refractivity (Wildman–Crippen MR) is 105 cm³/mol. The van der Waals surface area contributed by atoms with Crippen molar-refractivity contribution in [2.75, 3.05) is 11.9 Å². The van der Waals surface area contributed by atoms with E-state index in [9.17, 15) is 14.4 Å². The Bertz CT molecular complexity index is 792. The van der Waals surface area contributed by atoms with E-state index in [0.29, 0.717) is 25.0 Å². The van der Waals surface area contributed by atoms with Crippen LogP contribution in [0, 0.1) is 34.0 Å². The number of cyclic esters (lactones) is 1. The maximum absolute atomic E-state index is 13.6. The Balaban J connectivity index is 1.69. The Hall–Kier alpha value is -1.17. The fraction of sp³-hybridized carbons (Fsp3) is 0.773. The largest absolute Gasteiger partial charge is 0.465 e. The number of esters is 2. The number of alkyl halides is 1. The van der Waals surface area contributed by atoms with Gasteiger partial charge in [-0.2, -0.15) is 0 Å². The quantitative estimate of drug-likeness (QED) is 0.365. The summed E-state index contributed by atoms with van der Waals surface area (Å²) >= 11 is 3.19. The van der Waals surface area contributed by atoms with Crippen molar-refractivity contribution in [1.82, 2.24) is 0 Å². The van der Waals surface area contributed by atoms with Gasteiger partial charge in [-0.05, 0) is 61.9 Å². The van der Waals surface area contributed by atoms with Gasteiger partial charge in [-0.25, -0.2) is 0 Å². The average molecular weight is 451 g/mol. The smallest absolute Gasteiger partial charge is 0.316 e. The summed E-state index contributed by atoms with van der Waals surface area (Å²) in [7, 11) is 0. The van der Waals surface area contributed by atoms with E-state index in [1.165, 1.54) is 0 Å². The maximum Gasteiger partial charge on any atom is 0.316 e. The maximum atomic E-state index is 13.6. The Morgan fingerprint density at radius 2 is 2.00 bits per heavy atom. The molecular weight excluding hydrogens is 424 g/mol. The third-order valence-electron chi connectivity index (χ3n) is 9.00. The molecule has 5 nitrogen and oxygen atoms in total. The lowest BCUT2D eigenvalue weighted by molar-refractivity contribution is -0.257. The summed E-state index contributed by atoms with van der Waals surface area (Å²) in [6.07, 6.45) is 5.23. The number of carbonyl (C=O) groups is 3. The van der Waals surface area contributed by atoms with Crippen molar-refractivity contribution in [2.45, 2.75) is 58.0 Å². The standard InChI is InChI=1S/C22H27BrO5/c1-12-13-4-7-22(18(12)25)15(8-13)21-6-3-5-20(2,11-27-19(21)26)14(21)9-16(22)28-17(24)10-23/h13-16H,1,3-11H2,2H3/t13-,14?,15?,16+,20-,21-,22+/m0/s1. The van der Waals surface area contributed by atoms with E-state index in [1.807, 2.05) is 0 Å². The number of ketones is 1. The monoisotopic (exact) mass is 450 g/mol. The highest BCUT2D eigenvalue weighted by Gasteiger charge is 2.76. The summed E-state index contributed by atoms with van der Waals surface area (Å²) in [5.41, 5.74) is -0.865. The summed E-state index contributed by atoms with van der Waals surface area (Å²) in [6, 6.07) is 0. The molecule has 4 bridgehead atoms. The molecule has 28 heavy (non-hydrogen) atoms. The van der Waals surface area contributed by atoms with Crippen molar-refractivity contribution in [3.05, 3.63) is 12.2 Å². The molecule has 1 heterocycles. The number of Topliss-reactive ketones (excluding diaryl/α,β-unsaturated/α-hetero) is 1. The third-order valence-corrected chi connectivity index (χ3v) is 9.46. The van der Waals surface area contributed by atoms with Crippen molar-refractivity contribution in [3.8, 4) is 0 Å². The Morgan fingerprint density at radius 1 is 1.21 bits per heavy atom. The fourth-order valence-electron chi connectivity index (χ4n) is 7.83. The van der Waals surface area contributed by atoms with Crippen LogP contribution >= 0.6 is 15.9 Å². The molecule has 1 aliphatic heterocycles. The lowest BCUT2D eigenvalue weighted by Gasteiger charge is -2.69. The lowest BCUT2D eigenvalue weighted by Crippen LogP contribution is -2.73. The summed E-state index contributed by atoms with van der Waals surface area (Å²) in [4.78, 5) is 39.2. The minimum atomic E-state index is -0.811. The number of hydrogen-bond acceptors (Lipinski definition) is 5. The number of halogens is 1. The third kappa shape index (κ3) is 2.06. The van der Waals surface area contributed by atoms with Crippen molar-refractivity contribution in [2.24, 2.45) is 34.0 Å². The van der Waals surface area contributed by atoms with Crippen LogP contribution in [0.1, 0.15) is 51.9 Å². The SMILES string of the molecule is C=C1C(=O)[C@]23CC[C@H]1CC2[C@@]12CCC[C@@](C)(COC1=O)C2C[C@H]3OC(=O)CBr. The number of ether oxygens (including phenoxy) is 2. The number of hydrogen-bond donors (Lipinski definition) is 0. The van der Waals surface area contributed by atoms with Gasteiger partial charge >= 0.3 is 11.9 Å². The molecule has 6 fully saturated rings. The second-order valence-corrected chi connectivity index (χ2v) is 10.5. The van der Waals surface area contributed by atoms with Crippen LogP contribution in [-0.4, -0.2) is 35.8 Å². The molecule has 6 aliphatic rings. The minimum absolute atomic E-state index is 0.0332. The molecule has 6 heteroatoms. The summed E-state index contributed by atoms with van der Waals surface area (Å²) in [6.45, 7) is 6.74. The first-order valence-electron chi connectivity index (χ1n) is 10.5. The Labute approximate surface area is 173 Å². The minimum Gasteiger partial charge on any atom is -0.465 e. The van der Waals surface area contributed by atoms with Crippen LogP contribution in [0.4, 0.5) is 0 Å². The van der Waals surface area contributed by atoms with Gasteiger partial charge in [0.15, 0.2) is 5.78 Å². The zero-order valence-corrected chi connectivity index (χ0v) is 17.9. The van der Waals surface area contributed by atoms with Gasteiger partial charge in [0.1, 0.15) is 11.4 Å². The lowest BCUT2D eigenvalue weighted by atomic mass is 9.35. The summed E-state index contributed by atoms with van der Waals surface area (Å²) in [5, 5.41) is 0.108. The van der Waals surface area contributed by atoms with E-state index < -0.39 is 16.9 Å². The second-order valence-electron chi connectivity index (χ2n) is 9.94. The number of rotatable bonds is 2. The molecule has 5 aliphatic carbocycles. The van der Waals surface area contributed by atoms with Crippen LogP contribution in [0.15, 0.2) is 12.2 Å². The van der Waals surface area contributed by atoms with Crippen LogP contribution in [-0.2, 0) is 23.9 Å². The molecule has 0 N–H and O–H groups in total. The van der Waals surface area contributed by atoms with Gasteiger partial charge in [0.05, 0.1) is 17.4 Å². The summed E-state index contributed by atoms with van der Waals surface area (Å²) < 4.78 is 11.7. The number of carbonyl (C=O) groups excluding carboxylic acids is 3. The second kappa shape index (κ2) is 5.93. The Kier molecular flexibility index (Phi) is 3.99. The van der Waals surface area contributed by atoms with Crippen LogP contribution < -0.4 is 0 Å². The first kappa shape index (κ1) is 18.8. The fourth-order valence-corrected chi connectivity index (χ4v) is 7.97. The van der Waals surface area contributed by atoms with Crippen LogP contribution in [0.3, 0.4) is 0 Å². The first-order chi connectivity index (χ1) is 13.3. The number of allylic oxidation sites excluding steroid dienone is 1. The number of fused-ring (bicyclic) bond motifs is 2. The van der Waals surface area contributed by atoms with E-state index in [1.54, 1.807) is 0 Å². The van der Waals surface area contributed by atoms with Crippen LogP contribution in [0.5, 0.6) is 0 Å². The molecule has 1 saturated heterocycles. The zero-order chi connectivity index (χ0) is 19.9. The van der Waals surface area contributed by atoms with Gasteiger partial charge in [0.2, 0.25) is 0 Å². The van der Waals surface area contributed by atoms with Crippen LogP contribution in [0.2, 0.25) is 0 Å². The van der Waals surface area contributed by atoms with E-state index in [-0.39, 0.29) is 46.2 Å². The van der Waals surface area contributed by atoms with Crippen molar-refractivity contribution < 1.29 is 23.9 Å². The highest BCUT2D eigenvalue weighted by molar-refractivity contribution is 9.09. The topological polar surface area (TPSA) is 69.7 Å². The normalized spacial score (nSPS) is 49.1. The Morgan fingerprint density at radius 3 is 2.75 bits per heavy atom. The average Bonchev–Trinajstić information content (AvgIpc) is 2.69. The summed E-state index contributed by atoms with van der Waals surface area (Å²) in [5.74, 6) is -0.298. The van der Waals surface area contributed by atoms with Gasteiger partial charge in [0, 0.05) is 5.41 Å². The van der Waals surface area contributed by atoms with Crippen molar-refractivity contribution in [3.63, 3.8) is 0 Å². The van der Waals surface area contributed by atoms with E-state index in [2.05, 4.69) is 29.4 Å². The van der Waals surface area contributed by atoms with Crippen molar-refractivity contribution >= 4 is 33.7 Å². The molecule has 0 aromatic heterocycles. The van der Waals surface area contributed by atoms with Gasteiger partial charge < -0.3 is 9.47 Å². The molecule has 0 radical (unpaired) electrons. The molecule has 0 aromatic carbocycles. The van der Waals surface area contributed by atoms with Gasteiger partial charge in [-0.15, -0.1) is 0 Å². The predicted octanol–water partition coefficient (Wildman–Crippen LogP) is 3.59. The molecule has 152 valence electrons. The molecule has 2 unspecified atom stereocenters. The molecule has 7 atom stereocenters. The molecule has 1 spiro atoms. The van der Waals surface area contributed by atoms with E-state index in [4.69, 9.17) is 9.47 Å². The van der Waals surface area contributed by atoms with E-state index in [0.717, 1.165) is 32.1 Å². The molecular formula is C22H27BrO5. The van der Waals surface area contributed by atoms with Gasteiger partial charge in [-0.3, -0.25) is 14.4 Å². The molecule has 5 saturated carbocycles. The van der Waals surface area contributed by atoms with Gasteiger partial charge in [-0.1, -0.05) is 35.9 Å². The highest BCUT2D eigenvalue weighted by Crippen LogP contribution is 2.73. The molecule has 0 amide bonds. The van der Waals surface area contributed by atoms with Gasteiger partial charge in [0.25, 0.3) is 0 Å². The molecule has 6 rings (SSSR count). The van der Waals surface area contributed by atoms with Crippen LogP contribution in [0.25, 0.3) is 0 Å². The molecule has 0 aromatic rings. The van der Waals surface area contributed by atoms with Crippen molar-refractivity contribution in [1.29, 1.82) is 0 Å². The van der Waals surface area contributed by atoms with E-state index >= 15 is 0 Å².